The van der Waals surface area contributed by atoms with E-state index in [9.17, 15) is 4.79 Å². The highest BCUT2D eigenvalue weighted by Gasteiger charge is 2.64. The third-order valence-electron chi connectivity index (χ3n) is 9.19. The number of nitrogens with zero attached hydrogens (tertiary/aromatic N) is 1. The quantitative estimate of drug-likeness (QED) is 0.858. The zero-order valence-corrected chi connectivity index (χ0v) is 17.3. The highest BCUT2D eigenvalue weighted by molar-refractivity contribution is 5.84. The van der Waals surface area contributed by atoms with Crippen molar-refractivity contribution in [2.75, 3.05) is 19.6 Å². The number of carbonyl (C=O) groups excluding carboxylic acids is 1. The molecule has 28 heavy (non-hydrogen) atoms. The fourth-order valence-corrected chi connectivity index (χ4v) is 8.74. The number of hydrogen-bond donors (Lipinski definition) is 1. The molecule has 3 nitrogen and oxygen atoms in total. The van der Waals surface area contributed by atoms with Gasteiger partial charge in [0.25, 0.3) is 0 Å². The van der Waals surface area contributed by atoms with Gasteiger partial charge < -0.3 is 10.2 Å². The van der Waals surface area contributed by atoms with Gasteiger partial charge in [-0.25, -0.2) is 0 Å². The molecule has 0 radical (unpaired) electrons. The maximum Gasteiger partial charge on any atom is 0.226 e. The SMILES string of the molecule is C[C@]12CC3CC(C(=O)NC4CN5CCC4CC5)(C1)C[C@@](c1ccccc1)(C3)C2. The number of rotatable bonds is 3. The fourth-order valence-electron chi connectivity index (χ4n) is 8.74. The van der Waals surface area contributed by atoms with Crippen LogP contribution in [0.15, 0.2) is 30.3 Å². The van der Waals surface area contributed by atoms with Crippen molar-refractivity contribution in [2.45, 2.75) is 69.7 Å². The van der Waals surface area contributed by atoms with Crippen molar-refractivity contribution < 1.29 is 4.79 Å². The first-order valence-corrected chi connectivity index (χ1v) is 11.6. The molecule has 3 heterocycles. The molecule has 7 aliphatic rings. The number of hydrogen-bond acceptors (Lipinski definition) is 2. The second-order valence-corrected chi connectivity index (χ2v) is 11.5. The minimum Gasteiger partial charge on any atom is -0.351 e. The average Bonchev–Trinajstić information content (AvgIpc) is 2.68. The lowest BCUT2D eigenvalue weighted by Crippen LogP contribution is -2.65. The van der Waals surface area contributed by atoms with Crippen LogP contribution in [0.3, 0.4) is 0 Å². The van der Waals surface area contributed by atoms with E-state index in [2.05, 4.69) is 47.5 Å². The van der Waals surface area contributed by atoms with Gasteiger partial charge >= 0.3 is 0 Å². The Bertz CT molecular complexity index is 785. The highest BCUT2D eigenvalue weighted by Crippen LogP contribution is 2.70. The van der Waals surface area contributed by atoms with Gasteiger partial charge in [0.1, 0.15) is 0 Å². The minimum atomic E-state index is -0.129. The number of benzene rings is 1. The summed E-state index contributed by atoms with van der Waals surface area (Å²) in [5, 5.41) is 3.61. The second-order valence-electron chi connectivity index (χ2n) is 11.5. The molecule has 150 valence electrons. The van der Waals surface area contributed by atoms with Gasteiger partial charge in [0.15, 0.2) is 0 Å². The largest absolute Gasteiger partial charge is 0.351 e. The topological polar surface area (TPSA) is 32.3 Å². The van der Waals surface area contributed by atoms with E-state index in [1.807, 2.05) is 0 Å². The van der Waals surface area contributed by atoms with Crippen molar-refractivity contribution in [3.8, 4) is 0 Å². The number of carbonyl (C=O) groups is 1. The third-order valence-corrected chi connectivity index (χ3v) is 9.19. The Morgan fingerprint density at radius 2 is 1.82 bits per heavy atom. The average molecular weight is 379 g/mol. The summed E-state index contributed by atoms with van der Waals surface area (Å²) in [4.78, 5) is 16.4. The number of fused-ring (bicyclic) bond motifs is 3. The van der Waals surface area contributed by atoms with Crippen molar-refractivity contribution in [3.05, 3.63) is 35.9 Å². The van der Waals surface area contributed by atoms with Gasteiger partial charge in [0.05, 0.1) is 5.41 Å². The number of amides is 1. The van der Waals surface area contributed by atoms with E-state index in [0.29, 0.717) is 23.3 Å². The lowest BCUT2D eigenvalue weighted by molar-refractivity contribution is -0.161. The van der Waals surface area contributed by atoms with Crippen LogP contribution in [0.1, 0.15) is 63.9 Å². The van der Waals surface area contributed by atoms with Crippen molar-refractivity contribution in [2.24, 2.45) is 22.7 Å². The van der Waals surface area contributed by atoms with Gasteiger partial charge in [-0.3, -0.25) is 4.79 Å². The smallest absolute Gasteiger partial charge is 0.226 e. The predicted octanol–water partition coefficient (Wildman–Crippen LogP) is 4.13. The van der Waals surface area contributed by atoms with Gasteiger partial charge in [-0.05, 0) is 92.7 Å². The molecule has 1 aromatic carbocycles. The molecule has 5 atom stereocenters. The molecule has 3 saturated heterocycles. The normalized spacial score (nSPS) is 48.6. The Labute approximate surface area is 169 Å². The van der Waals surface area contributed by atoms with Gasteiger partial charge in [-0.2, -0.15) is 0 Å². The number of piperidine rings is 3. The monoisotopic (exact) mass is 378 g/mol. The first-order chi connectivity index (χ1) is 13.5. The van der Waals surface area contributed by atoms with E-state index in [-0.39, 0.29) is 10.8 Å². The maximum absolute atomic E-state index is 13.8. The summed E-state index contributed by atoms with van der Waals surface area (Å²) < 4.78 is 0. The molecule has 3 unspecified atom stereocenters. The predicted molar refractivity (Wildman–Crippen MR) is 111 cm³/mol. The van der Waals surface area contributed by atoms with Crippen LogP contribution in [0.5, 0.6) is 0 Å². The van der Waals surface area contributed by atoms with Gasteiger partial charge in [-0.1, -0.05) is 37.3 Å². The van der Waals surface area contributed by atoms with E-state index >= 15 is 0 Å². The van der Waals surface area contributed by atoms with Crippen LogP contribution in [-0.4, -0.2) is 36.5 Å². The molecular weight excluding hydrogens is 344 g/mol. The first kappa shape index (κ1) is 17.5. The summed E-state index contributed by atoms with van der Waals surface area (Å²) in [5.74, 6) is 1.84. The molecule has 4 aliphatic carbocycles. The summed E-state index contributed by atoms with van der Waals surface area (Å²) >= 11 is 0. The lowest BCUT2D eigenvalue weighted by atomic mass is 9.38. The van der Waals surface area contributed by atoms with Crippen molar-refractivity contribution in [1.82, 2.24) is 10.2 Å². The van der Waals surface area contributed by atoms with Crippen LogP contribution in [0.25, 0.3) is 0 Å². The van der Waals surface area contributed by atoms with Crippen molar-refractivity contribution in [1.29, 1.82) is 0 Å². The Kier molecular flexibility index (Phi) is 3.65. The van der Waals surface area contributed by atoms with E-state index in [4.69, 9.17) is 0 Å². The van der Waals surface area contributed by atoms with E-state index < -0.39 is 0 Å². The zero-order valence-electron chi connectivity index (χ0n) is 17.3. The molecule has 8 rings (SSSR count). The Morgan fingerprint density at radius 3 is 2.50 bits per heavy atom. The molecule has 3 heteroatoms. The lowest BCUT2D eigenvalue weighted by Gasteiger charge is -2.65. The number of nitrogens with one attached hydrogen (secondary N) is 1. The van der Waals surface area contributed by atoms with Crippen molar-refractivity contribution in [3.63, 3.8) is 0 Å². The van der Waals surface area contributed by atoms with Crippen LogP contribution >= 0.6 is 0 Å². The van der Waals surface area contributed by atoms with Crippen LogP contribution in [-0.2, 0) is 10.2 Å². The molecule has 4 saturated carbocycles. The van der Waals surface area contributed by atoms with E-state index in [0.717, 1.165) is 31.7 Å². The molecule has 0 spiro atoms. The maximum atomic E-state index is 13.8. The highest BCUT2D eigenvalue weighted by atomic mass is 16.2. The molecule has 0 aromatic heterocycles. The fraction of sp³-hybridized carbons (Fsp3) is 0.720. The standard InChI is InChI=1S/C25H34N2O/c1-23-11-18-12-24(15-23,20-5-3-2-4-6-20)17-25(13-18,16-23)22(28)26-21-14-27-9-7-19(21)8-10-27/h2-6,18-19,21H,7-17H2,1H3,(H,26,28)/t18?,21?,23-,24-,25?/m1/s1. The second kappa shape index (κ2) is 5.84. The Balaban J connectivity index is 1.31. The van der Waals surface area contributed by atoms with Crippen LogP contribution < -0.4 is 5.32 Å². The molecule has 3 aliphatic heterocycles. The summed E-state index contributed by atoms with van der Waals surface area (Å²) in [6.07, 6.45) is 9.75. The molecule has 1 N–H and O–H groups in total. The Morgan fingerprint density at radius 1 is 1.04 bits per heavy atom. The summed E-state index contributed by atoms with van der Waals surface area (Å²) in [6, 6.07) is 11.6. The Hall–Kier alpha value is -1.35. The summed E-state index contributed by atoms with van der Waals surface area (Å²) in [6.45, 7) is 6.03. The zero-order chi connectivity index (χ0) is 19.0. The van der Waals surface area contributed by atoms with Gasteiger partial charge in [0.2, 0.25) is 5.91 Å². The van der Waals surface area contributed by atoms with Crippen LogP contribution in [0.4, 0.5) is 0 Å². The molecule has 1 amide bonds. The first-order valence-electron chi connectivity index (χ1n) is 11.6. The van der Waals surface area contributed by atoms with Crippen LogP contribution in [0, 0.1) is 22.7 Å². The third kappa shape index (κ3) is 2.54. The van der Waals surface area contributed by atoms with Crippen molar-refractivity contribution >= 4 is 5.91 Å². The molecule has 6 bridgehead atoms. The molecular formula is C25H34N2O. The van der Waals surface area contributed by atoms with Gasteiger partial charge in [0, 0.05) is 12.6 Å². The summed E-state index contributed by atoms with van der Waals surface area (Å²) in [7, 11) is 0. The van der Waals surface area contributed by atoms with Gasteiger partial charge in [-0.15, -0.1) is 0 Å². The van der Waals surface area contributed by atoms with Crippen LogP contribution in [0.2, 0.25) is 0 Å². The molecule has 1 aromatic rings. The molecule has 7 fully saturated rings. The van der Waals surface area contributed by atoms with E-state index in [1.165, 1.54) is 50.8 Å². The summed E-state index contributed by atoms with van der Waals surface area (Å²) in [5.41, 5.74) is 1.92. The minimum absolute atomic E-state index is 0.129. The van der Waals surface area contributed by atoms with E-state index in [1.54, 1.807) is 0 Å².